The van der Waals surface area contributed by atoms with Crippen LogP contribution in [0.2, 0.25) is 0 Å². The molecule has 106 valence electrons. The van der Waals surface area contributed by atoms with E-state index in [9.17, 15) is 9.59 Å². The zero-order valence-electron chi connectivity index (χ0n) is 10.6. The molecule has 3 N–H and O–H groups in total. The summed E-state index contributed by atoms with van der Waals surface area (Å²) in [5, 5.41) is 20.2. The molecule has 1 rings (SSSR count). The van der Waals surface area contributed by atoms with Crippen LogP contribution in [0, 0.1) is 0 Å². The highest BCUT2D eigenvalue weighted by atomic mass is 16.6. The summed E-state index contributed by atoms with van der Waals surface area (Å²) in [4.78, 5) is 22.1. The van der Waals surface area contributed by atoms with Gasteiger partial charge in [-0.2, -0.15) is 0 Å². The number of ether oxygens (including phenoxy) is 2. The Hall–Kier alpha value is -2.32. The minimum atomic E-state index is -1.57. The van der Waals surface area contributed by atoms with Gasteiger partial charge in [-0.15, -0.1) is 0 Å². The Morgan fingerprint density at radius 1 is 1.30 bits per heavy atom. The van der Waals surface area contributed by atoms with Crippen LogP contribution in [-0.4, -0.2) is 42.4 Å². The number of benzene rings is 1. The molecule has 0 aliphatic carbocycles. The number of hydrogen-bond donors (Lipinski definition) is 3. The normalized spacial score (nSPS) is 9.50. The molecule has 0 radical (unpaired) electrons. The van der Waals surface area contributed by atoms with E-state index in [1.807, 2.05) is 0 Å². The maximum Gasteiger partial charge on any atom is 0.488 e. The van der Waals surface area contributed by atoms with E-state index in [0.29, 0.717) is 0 Å². The molecule has 0 fully saturated rings. The molecule has 0 saturated carbocycles. The van der Waals surface area contributed by atoms with Crippen molar-refractivity contribution in [1.29, 1.82) is 0 Å². The predicted molar refractivity (Wildman–Crippen MR) is 71.5 cm³/mol. The van der Waals surface area contributed by atoms with Gasteiger partial charge in [0.25, 0.3) is 0 Å². The fraction of sp³-hybridized carbons (Fsp3) is 0.167. The van der Waals surface area contributed by atoms with E-state index in [0.717, 1.165) is 6.08 Å². The molecule has 0 atom stereocenters. The third-order valence-corrected chi connectivity index (χ3v) is 2.17. The number of rotatable bonds is 6. The molecule has 1 aromatic carbocycles. The molecule has 20 heavy (non-hydrogen) atoms. The van der Waals surface area contributed by atoms with E-state index >= 15 is 0 Å². The van der Waals surface area contributed by atoms with Gasteiger partial charge in [-0.05, 0) is 17.6 Å². The summed E-state index contributed by atoms with van der Waals surface area (Å²) in [7, 11) is -1.57. The number of nitrogens with one attached hydrogen (secondary N) is 1. The first-order valence-corrected chi connectivity index (χ1v) is 5.74. The van der Waals surface area contributed by atoms with Crippen molar-refractivity contribution in [2.24, 2.45) is 0 Å². The molecule has 0 bridgehead atoms. The van der Waals surface area contributed by atoms with Crippen LogP contribution in [0.3, 0.4) is 0 Å². The van der Waals surface area contributed by atoms with Crippen molar-refractivity contribution in [2.75, 3.05) is 13.2 Å². The zero-order valence-corrected chi connectivity index (χ0v) is 10.6. The molecule has 1 amide bonds. The number of hydrogen-bond acceptors (Lipinski definition) is 6. The molecule has 0 aliphatic heterocycles. The highest BCUT2D eigenvalue weighted by Gasteiger charge is 2.11. The van der Waals surface area contributed by atoms with E-state index in [-0.39, 0.29) is 24.4 Å². The minimum Gasteiger partial charge on any atom is -0.461 e. The first-order valence-electron chi connectivity index (χ1n) is 5.74. The summed E-state index contributed by atoms with van der Waals surface area (Å²) in [5.74, 6) is -0.326. The Balaban J connectivity index is 2.31. The van der Waals surface area contributed by atoms with Crippen LogP contribution in [0.15, 0.2) is 36.9 Å². The van der Waals surface area contributed by atoms with Crippen molar-refractivity contribution >= 4 is 24.6 Å². The molecular formula is C12H14BNO6. The van der Waals surface area contributed by atoms with Gasteiger partial charge < -0.3 is 24.8 Å². The molecule has 0 aliphatic rings. The van der Waals surface area contributed by atoms with Gasteiger partial charge in [-0.3, -0.25) is 0 Å². The van der Waals surface area contributed by atoms with Crippen molar-refractivity contribution in [1.82, 2.24) is 5.32 Å². The number of esters is 1. The molecule has 0 heterocycles. The molecule has 8 heteroatoms. The average Bonchev–Trinajstić information content (AvgIpc) is 2.43. The maximum absolute atomic E-state index is 11.4. The van der Waals surface area contributed by atoms with E-state index in [2.05, 4.69) is 16.6 Å². The van der Waals surface area contributed by atoms with Gasteiger partial charge >= 0.3 is 19.2 Å². The summed E-state index contributed by atoms with van der Waals surface area (Å²) < 4.78 is 9.56. The van der Waals surface area contributed by atoms with Gasteiger partial charge in [-0.25, -0.2) is 9.59 Å². The Bertz CT molecular complexity index is 473. The fourth-order valence-corrected chi connectivity index (χ4v) is 1.21. The lowest BCUT2D eigenvalue weighted by Gasteiger charge is -2.07. The Morgan fingerprint density at radius 2 is 1.95 bits per heavy atom. The van der Waals surface area contributed by atoms with Crippen molar-refractivity contribution in [3.8, 4) is 5.75 Å². The van der Waals surface area contributed by atoms with Gasteiger partial charge in [0, 0.05) is 6.08 Å². The Kier molecular flexibility index (Phi) is 6.28. The second-order valence-corrected chi connectivity index (χ2v) is 3.63. The van der Waals surface area contributed by atoms with Crippen molar-refractivity contribution < 1.29 is 29.1 Å². The Morgan fingerprint density at radius 3 is 2.50 bits per heavy atom. The predicted octanol–water partition coefficient (Wildman–Crippen LogP) is -0.816. The van der Waals surface area contributed by atoms with Crippen LogP contribution in [0.1, 0.15) is 0 Å². The lowest BCUT2D eigenvalue weighted by atomic mass is 9.80. The van der Waals surface area contributed by atoms with E-state index < -0.39 is 19.2 Å². The highest BCUT2D eigenvalue weighted by Crippen LogP contribution is 2.07. The summed E-state index contributed by atoms with van der Waals surface area (Å²) in [6, 6.07) is 5.68. The third-order valence-electron chi connectivity index (χ3n) is 2.17. The van der Waals surface area contributed by atoms with Crippen LogP contribution in [-0.2, 0) is 9.53 Å². The lowest BCUT2D eigenvalue weighted by Crippen LogP contribution is -2.31. The number of amides is 1. The maximum atomic E-state index is 11.4. The quantitative estimate of drug-likeness (QED) is 0.272. The van der Waals surface area contributed by atoms with Gasteiger partial charge in [0.1, 0.15) is 12.4 Å². The second kappa shape index (κ2) is 7.98. The minimum absolute atomic E-state index is 0.00952. The van der Waals surface area contributed by atoms with Crippen molar-refractivity contribution in [3.05, 3.63) is 36.9 Å². The topological polar surface area (TPSA) is 105 Å². The number of carbonyl (C=O) groups excluding carboxylic acids is 2. The van der Waals surface area contributed by atoms with Crippen molar-refractivity contribution in [2.45, 2.75) is 0 Å². The van der Waals surface area contributed by atoms with Crippen LogP contribution in [0.5, 0.6) is 5.75 Å². The van der Waals surface area contributed by atoms with Crippen LogP contribution in [0.4, 0.5) is 4.79 Å². The van der Waals surface area contributed by atoms with E-state index in [1.165, 1.54) is 24.3 Å². The van der Waals surface area contributed by atoms with Gasteiger partial charge in [0.15, 0.2) is 0 Å². The van der Waals surface area contributed by atoms with Crippen molar-refractivity contribution in [3.63, 3.8) is 0 Å². The SMILES string of the molecule is C=CC(=O)OCCNC(=O)Oc1ccc(B(O)O)cc1. The standard InChI is InChI=1S/C12H14BNO6/c1-2-11(15)19-8-7-14-12(16)20-10-5-3-9(4-6-10)13(17)18/h2-6,17-18H,1,7-8H2,(H,14,16). The van der Waals surface area contributed by atoms with Gasteiger partial charge in [-0.1, -0.05) is 18.7 Å². The molecule has 7 nitrogen and oxygen atoms in total. The monoisotopic (exact) mass is 279 g/mol. The summed E-state index contributed by atoms with van der Waals surface area (Å²) in [5.41, 5.74) is 0.286. The van der Waals surface area contributed by atoms with Crippen LogP contribution < -0.4 is 15.5 Å². The zero-order chi connectivity index (χ0) is 15.0. The van der Waals surface area contributed by atoms with Crippen LogP contribution >= 0.6 is 0 Å². The molecule has 0 aromatic heterocycles. The second-order valence-electron chi connectivity index (χ2n) is 3.63. The summed E-state index contributed by atoms with van der Waals surface area (Å²) in [6.07, 6.45) is 0.312. The summed E-state index contributed by atoms with van der Waals surface area (Å²) in [6.45, 7) is 3.34. The van der Waals surface area contributed by atoms with Gasteiger partial charge in [0.2, 0.25) is 0 Å². The summed E-state index contributed by atoms with van der Waals surface area (Å²) >= 11 is 0. The third kappa shape index (κ3) is 5.55. The highest BCUT2D eigenvalue weighted by molar-refractivity contribution is 6.58. The number of carbonyl (C=O) groups is 2. The van der Waals surface area contributed by atoms with E-state index in [4.69, 9.17) is 14.8 Å². The molecule has 0 saturated heterocycles. The smallest absolute Gasteiger partial charge is 0.461 e. The lowest BCUT2D eigenvalue weighted by molar-refractivity contribution is -0.137. The Labute approximate surface area is 116 Å². The average molecular weight is 279 g/mol. The largest absolute Gasteiger partial charge is 0.488 e. The fourth-order valence-electron chi connectivity index (χ4n) is 1.21. The molecule has 0 unspecified atom stereocenters. The molecular weight excluding hydrogens is 265 g/mol. The van der Waals surface area contributed by atoms with Crippen LogP contribution in [0.25, 0.3) is 0 Å². The van der Waals surface area contributed by atoms with E-state index in [1.54, 1.807) is 0 Å². The first-order chi connectivity index (χ1) is 9.52. The molecule has 1 aromatic rings. The first kappa shape index (κ1) is 15.7. The molecule has 0 spiro atoms. The van der Waals surface area contributed by atoms with Gasteiger partial charge in [0.05, 0.1) is 6.54 Å².